The standard InChI is InChI=1S/C27H30O14/c28-8-18-20(32)22(34)24(36)26(40-18)13-5-12-14(30)6-16(39-17(12)7-15(13)31)10-1-3-11(4-2-10)38-27-25(37)23(35)21(33)19(9-29)41-27/h1-7,18-29,31-37H,8-9H2. The lowest BCUT2D eigenvalue weighted by Crippen LogP contribution is -2.60. The van der Waals surface area contributed by atoms with Gasteiger partial charge in [0.05, 0.1) is 18.6 Å². The van der Waals surface area contributed by atoms with E-state index in [2.05, 4.69) is 0 Å². The molecule has 0 amide bonds. The van der Waals surface area contributed by atoms with Gasteiger partial charge in [-0.05, 0) is 30.3 Å². The van der Waals surface area contributed by atoms with E-state index < -0.39 is 85.6 Å². The zero-order valence-electron chi connectivity index (χ0n) is 21.3. The molecule has 2 aromatic carbocycles. The van der Waals surface area contributed by atoms with E-state index in [4.69, 9.17) is 18.6 Å². The van der Waals surface area contributed by atoms with E-state index in [1.165, 1.54) is 36.4 Å². The van der Waals surface area contributed by atoms with Crippen molar-refractivity contribution in [3.8, 4) is 22.8 Å². The van der Waals surface area contributed by atoms with Crippen molar-refractivity contribution in [3.05, 3.63) is 58.3 Å². The van der Waals surface area contributed by atoms with E-state index in [1.807, 2.05) is 0 Å². The number of hydrogen-bond donors (Lipinski definition) is 9. The third kappa shape index (κ3) is 5.42. The van der Waals surface area contributed by atoms with Crippen LogP contribution >= 0.6 is 0 Å². The number of phenols is 1. The molecule has 222 valence electrons. The largest absolute Gasteiger partial charge is 0.507 e. The summed E-state index contributed by atoms with van der Waals surface area (Å²) in [6.45, 7) is -1.27. The van der Waals surface area contributed by atoms with Crippen LogP contribution in [-0.4, -0.2) is 114 Å². The van der Waals surface area contributed by atoms with E-state index in [-0.39, 0.29) is 28.0 Å². The van der Waals surface area contributed by atoms with Crippen LogP contribution in [0.2, 0.25) is 0 Å². The van der Waals surface area contributed by atoms with Crippen molar-refractivity contribution in [2.24, 2.45) is 0 Å². The molecule has 41 heavy (non-hydrogen) atoms. The molecule has 10 unspecified atom stereocenters. The lowest BCUT2D eigenvalue weighted by atomic mass is 9.90. The number of aromatic hydroxyl groups is 1. The van der Waals surface area contributed by atoms with Crippen LogP contribution in [0.5, 0.6) is 11.5 Å². The van der Waals surface area contributed by atoms with Crippen molar-refractivity contribution in [2.75, 3.05) is 13.2 Å². The quantitative estimate of drug-likeness (QED) is 0.152. The molecular formula is C27H30O14. The number of aliphatic hydroxyl groups excluding tert-OH is 8. The highest BCUT2D eigenvalue weighted by Gasteiger charge is 2.46. The molecule has 0 radical (unpaired) electrons. The van der Waals surface area contributed by atoms with Crippen LogP contribution in [-0.2, 0) is 9.47 Å². The number of benzene rings is 2. The molecule has 3 heterocycles. The SMILES string of the molecule is O=c1cc(-c2ccc(OC3OC(CO)C(O)C(O)C3O)cc2)oc2cc(O)c(C3OC(CO)C(O)C(O)C3O)cc12. The predicted molar refractivity (Wildman–Crippen MR) is 137 cm³/mol. The number of fused-ring (bicyclic) bond motifs is 1. The molecular weight excluding hydrogens is 548 g/mol. The Labute approximate surface area is 231 Å². The van der Waals surface area contributed by atoms with Crippen molar-refractivity contribution in [1.29, 1.82) is 0 Å². The first-order valence-corrected chi connectivity index (χ1v) is 12.7. The van der Waals surface area contributed by atoms with Crippen LogP contribution in [0, 0.1) is 0 Å². The molecule has 2 aliphatic heterocycles. The second-order valence-electron chi connectivity index (χ2n) is 9.97. The molecule has 2 aliphatic rings. The molecule has 5 rings (SSSR count). The summed E-state index contributed by atoms with van der Waals surface area (Å²) in [6.07, 6.45) is -14.7. The molecule has 2 saturated heterocycles. The fraction of sp³-hybridized carbons (Fsp3) is 0.444. The van der Waals surface area contributed by atoms with Gasteiger partial charge in [-0.15, -0.1) is 0 Å². The van der Waals surface area contributed by atoms with Gasteiger partial charge in [0.15, 0.2) is 5.43 Å². The third-order valence-electron chi connectivity index (χ3n) is 7.31. The van der Waals surface area contributed by atoms with Gasteiger partial charge in [0.25, 0.3) is 0 Å². The average Bonchev–Trinajstić information content (AvgIpc) is 2.96. The smallest absolute Gasteiger partial charge is 0.229 e. The molecule has 0 aliphatic carbocycles. The van der Waals surface area contributed by atoms with Gasteiger partial charge in [-0.1, -0.05) is 0 Å². The highest BCUT2D eigenvalue weighted by molar-refractivity contribution is 5.81. The minimum absolute atomic E-state index is 0.0000133. The van der Waals surface area contributed by atoms with Crippen LogP contribution in [0.3, 0.4) is 0 Å². The van der Waals surface area contributed by atoms with Crippen LogP contribution in [0.4, 0.5) is 0 Å². The lowest BCUT2D eigenvalue weighted by Gasteiger charge is -2.40. The van der Waals surface area contributed by atoms with Gasteiger partial charge in [-0.25, -0.2) is 0 Å². The highest BCUT2D eigenvalue weighted by atomic mass is 16.7. The number of hydrogen-bond acceptors (Lipinski definition) is 14. The Kier molecular flexibility index (Phi) is 8.31. The van der Waals surface area contributed by atoms with Crippen molar-refractivity contribution in [3.63, 3.8) is 0 Å². The van der Waals surface area contributed by atoms with E-state index in [9.17, 15) is 50.8 Å². The molecule has 2 fully saturated rings. The Balaban J connectivity index is 1.39. The number of rotatable bonds is 6. The molecule has 0 saturated carbocycles. The molecule has 14 nitrogen and oxygen atoms in total. The Morgan fingerprint density at radius 1 is 0.732 bits per heavy atom. The lowest BCUT2D eigenvalue weighted by molar-refractivity contribution is -0.277. The molecule has 1 aromatic heterocycles. The fourth-order valence-corrected chi connectivity index (χ4v) is 4.93. The molecule has 10 atom stereocenters. The first kappa shape index (κ1) is 29.3. The summed E-state index contributed by atoms with van der Waals surface area (Å²) in [5.74, 6) is -0.102. The monoisotopic (exact) mass is 578 g/mol. The fourth-order valence-electron chi connectivity index (χ4n) is 4.93. The van der Waals surface area contributed by atoms with E-state index in [1.54, 1.807) is 0 Å². The normalized spacial score (nSPS) is 34.0. The maximum absolute atomic E-state index is 13.0. The topological polar surface area (TPSA) is 240 Å². The number of phenolic OH excluding ortho intramolecular Hbond substituents is 1. The first-order chi connectivity index (χ1) is 19.5. The van der Waals surface area contributed by atoms with Gasteiger partial charge in [0.2, 0.25) is 6.29 Å². The molecule has 0 spiro atoms. The number of aliphatic hydroxyl groups is 8. The Morgan fingerprint density at radius 3 is 1.98 bits per heavy atom. The highest BCUT2D eigenvalue weighted by Crippen LogP contribution is 2.38. The molecule has 3 aromatic rings. The van der Waals surface area contributed by atoms with Gasteiger partial charge in [0, 0.05) is 23.3 Å². The van der Waals surface area contributed by atoms with Crippen LogP contribution in [0.25, 0.3) is 22.3 Å². The minimum atomic E-state index is -1.67. The number of ether oxygens (including phenoxy) is 3. The third-order valence-corrected chi connectivity index (χ3v) is 7.31. The summed E-state index contributed by atoms with van der Waals surface area (Å²) in [5.41, 5.74) is -0.125. The summed E-state index contributed by atoms with van der Waals surface area (Å²) in [5, 5.41) is 90.0. The van der Waals surface area contributed by atoms with E-state index >= 15 is 0 Å². The van der Waals surface area contributed by atoms with Gasteiger partial charge in [0.1, 0.15) is 77.8 Å². The molecule has 0 bridgehead atoms. The summed E-state index contributed by atoms with van der Waals surface area (Å²) in [7, 11) is 0. The maximum Gasteiger partial charge on any atom is 0.229 e. The van der Waals surface area contributed by atoms with Gasteiger partial charge < -0.3 is 64.6 Å². The Morgan fingerprint density at radius 2 is 1.34 bits per heavy atom. The van der Waals surface area contributed by atoms with Crippen LogP contribution < -0.4 is 10.2 Å². The second-order valence-corrected chi connectivity index (χ2v) is 9.97. The van der Waals surface area contributed by atoms with E-state index in [0.717, 1.165) is 6.07 Å². The Bertz CT molecular complexity index is 1420. The summed E-state index contributed by atoms with van der Waals surface area (Å²) < 4.78 is 22.2. The van der Waals surface area contributed by atoms with Crippen molar-refractivity contribution < 1.29 is 64.6 Å². The maximum atomic E-state index is 13.0. The summed E-state index contributed by atoms with van der Waals surface area (Å²) in [4.78, 5) is 13.0. The zero-order valence-corrected chi connectivity index (χ0v) is 21.3. The summed E-state index contributed by atoms with van der Waals surface area (Å²) >= 11 is 0. The minimum Gasteiger partial charge on any atom is -0.507 e. The van der Waals surface area contributed by atoms with Crippen LogP contribution in [0.15, 0.2) is 51.7 Å². The van der Waals surface area contributed by atoms with E-state index in [0.29, 0.717) is 5.56 Å². The average molecular weight is 579 g/mol. The second kappa shape index (κ2) is 11.6. The molecule has 9 N–H and O–H groups in total. The van der Waals surface area contributed by atoms with Crippen LogP contribution in [0.1, 0.15) is 11.7 Å². The van der Waals surface area contributed by atoms with Crippen molar-refractivity contribution in [2.45, 2.75) is 61.2 Å². The summed E-state index contributed by atoms with van der Waals surface area (Å²) in [6, 6.07) is 9.60. The van der Waals surface area contributed by atoms with Gasteiger partial charge in [-0.2, -0.15) is 0 Å². The molecule has 14 heteroatoms. The van der Waals surface area contributed by atoms with Crippen molar-refractivity contribution in [1.82, 2.24) is 0 Å². The predicted octanol–water partition coefficient (Wildman–Crippen LogP) is -2.14. The van der Waals surface area contributed by atoms with Gasteiger partial charge >= 0.3 is 0 Å². The first-order valence-electron chi connectivity index (χ1n) is 12.7. The van der Waals surface area contributed by atoms with Gasteiger partial charge in [-0.3, -0.25) is 4.79 Å². The zero-order chi connectivity index (χ0) is 29.6. The Hall–Kier alpha value is -3.15. The van der Waals surface area contributed by atoms with Crippen molar-refractivity contribution >= 4 is 11.0 Å².